The Kier molecular flexibility index (Phi) is 7.39. The van der Waals surface area contributed by atoms with Crippen LogP contribution in [0.25, 0.3) is 0 Å². The summed E-state index contributed by atoms with van der Waals surface area (Å²) in [4.78, 5) is 0. The van der Waals surface area contributed by atoms with E-state index < -0.39 is 9.84 Å². The summed E-state index contributed by atoms with van der Waals surface area (Å²) in [6.45, 7) is 2.14. The Balaban J connectivity index is 3.63. The molecule has 0 saturated heterocycles. The molecule has 0 rings (SSSR count). The number of unbranched alkanes of at least 4 members (excludes halogenated alkanes) is 4. The summed E-state index contributed by atoms with van der Waals surface area (Å²) in [6, 6.07) is 0. The van der Waals surface area contributed by atoms with Crippen molar-refractivity contribution in [1.29, 1.82) is 0 Å². The molecule has 0 spiro atoms. The van der Waals surface area contributed by atoms with Gasteiger partial charge in [-0.25, -0.2) is 8.42 Å². The third-order valence-electron chi connectivity index (χ3n) is 1.53. The summed E-state index contributed by atoms with van der Waals surface area (Å²) >= 11 is 2.87. The van der Waals surface area contributed by atoms with Gasteiger partial charge in [-0.3, -0.25) is 0 Å². The second-order valence-electron chi connectivity index (χ2n) is 2.81. The monoisotopic (exact) mass is 266 g/mol. The minimum absolute atomic E-state index is 0.0675. The van der Waals surface area contributed by atoms with Crippen LogP contribution in [0.1, 0.15) is 39.0 Å². The van der Waals surface area contributed by atoms with Crippen LogP contribution < -0.4 is 0 Å². The molecule has 0 aliphatic heterocycles. The third-order valence-corrected chi connectivity index (χ3v) is 4.08. The summed E-state index contributed by atoms with van der Waals surface area (Å²) in [5.41, 5.74) is 0. The fraction of sp³-hybridized carbons (Fsp3) is 0.778. The Bertz CT molecular complexity index is 272. The van der Waals surface area contributed by atoms with Crippen LogP contribution in [0.5, 0.6) is 0 Å². The van der Waals surface area contributed by atoms with E-state index in [-0.39, 0.29) is 4.66 Å². The highest BCUT2D eigenvalue weighted by atomic mass is 79.9. The largest absolute Gasteiger partial charge is 0.226 e. The van der Waals surface area contributed by atoms with Gasteiger partial charge < -0.3 is 0 Å². The Morgan fingerprint density at radius 2 is 1.92 bits per heavy atom. The topological polar surface area (TPSA) is 34.1 Å². The first-order valence-corrected chi connectivity index (χ1v) is 7.18. The van der Waals surface area contributed by atoms with Crippen molar-refractivity contribution in [2.24, 2.45) is 0 Å². The Labute approximate surface area is 89.2 Å². The minimum atomic E-state index is -3.16. The van der Waals surface area contributed by atoms with Gasteiger partial charge in [-0.15, -0.1) is 0 Å². The summed E-state index contributed by atoms with van der Waals surface area (Å²) < 4.78 is 21.7. The molecule has 0 aliphatic carbocycles. The zero-order valence-corrected chi connectivity index (χ0v) is 10.2. The molecule has 0 fully saturated rings. The highest BCUT2D eigenvalue weighted by Gasteiger charge is 2.00. The lowest BCUT2D eigenvalue weighted by Crippen LogP contribution is -1.94. The molecule has 0 heterocycles. The van der Waals surface area contributed by atoms with Crippen molar-refractivity contribution in [1.82, 2.24) is 0 Å². The molecule has 0 aliphatic rings. The fourth-order valence-corrected chi connectivity index (χ4v) is 1.55. The van der Waals surface area contributed by atoms with Crippen LogP contribution in [0.15, 0.2) is 0 Å². The standard InChI is InChI=1S/C9H15BrO2S/c1-2-3-4-5-6-7-8-13(11,12)9-10/h2-6,9H2,1H3. The SMILES string of the molecule is CCCCCCC#CS(=O)(=O)CBr. The van der Waals surface area contributed by atoms with Gasteiger partial charge >= 0.3 is 0 Å². The first kappa shape index (κ1) is 13.0. The highest BCUT2D eigenvalue weighted by molar-refractivity contribution is 9.10. The number of halogens is 1. The van der Waals surface area contributed by atoms with E-state index in [1.165, 1.54) is 12.8 Å². The van der Waals surface area contributed by atoms with Crippen LogP contribution in [0.4, 0.5) is 0 Å². The normalized spacial score (nSPS) is 10.6. The molecule has 0 bridgehead atoms. The average Bonchev–Trinajstić information content (AvgIpc) is 2.11. The van der Waals surface area contributed by atoms with Gasteiger partial charge in [0, 0.05) is 11.7 Å². The molecule has 2 nitrogen and oxygen atoms in total. The molecule has 0 unspecified atom stereocenters. The van der Waals surface area contributed by atoms with E-state index in [0.717, 1.165) is 12.8 Å². The van der Waals surface area contributed by atoms with E-state index in [4.69, 9.17) is 0 Å². The van der Waals surface area contributed by atoms with Crippen LogP contribution in [0, 0.1) is 11.2 Å². The van der Waals surface area contributed by atoms with Crippen LogP contribution >= 0.6 is 15.9 Å². The summed E-state index contributed by atoms with van der Waals surface area (Å²) in [6.07, 6.45) is 5.21. The molecular formula is C9H15BrO2S. The van der Waals surface area contributed by atoms with Gasteiger partial charge in [-0.2, -0.15) is 0 Å². The average molecular weight is 267 g/mol. The molecular weight excluding hydrogens is 252 g/mol. The zero-order chi connectivity index (χ0) is 10.2. The maximum atomic E-state index is 10.9. The first-order chi connectivity index (χ1) is 6.12. The predicted octanol–water partition coefficient (Wildman–Crippen LogP) is 2.68. The van der Waals surface area contributed by atoms with E-state index in [0.29, 0.717) is 6.42 Å². The maximum Gasteiger partial charge on any atom is 0.226 e. The van der Waals surface area contributed by atoms with Crippen molar-refractivity contribution < 1.29 is 8.42 Å². The summed E-state index contributed by atoms with van der Waals surface area (Å²) in [5.74, 6) is 2.67. The lowest BCUT2D eigenvalue weighted by Gasteiger charge is -1.91. The molecule has 0 atom stereocenters. The second-order valence-corrected chi connectivity index (χ2v) is 5.84. The van der Waals surface area contributed by atoms with Crippen LogP contribution in [0.2, 0.25) is 0 Å². The number of rotatable bonds is 5. The maximum absolute atomic E-state index is 10.9. The van der Waals surface area contributed by atoms with Gasteiger partial charge in [0.2, 0.25) is 9.84 Å². The molecule has 0 aromatic rings. The minimum Gasteiger partial charge on any atom is -0.215 e. The molecule has 76 valence electrons. The van der Waals surface area contributed by atoms with Crippen LogP contribution in [-0.2, 0) is 9.84 Å². The summed E-state index contributed by atoms with van der Waals surface area (Å²) in [5, 5.41) is 2.26. The molecule has 0 aromatic heterocycles. The predicted molar refractivity (Wildman–Crippen MR) is 59.2 cm³/mol. The smallest absolute Gasteiger partial charge is 0.215 e. The molecule has 4 heteroatoms. The van der Waals surface area contributed by atoms with E-state index in [1.807, 2.05) is 0 Å². The van der Waals surface area contributed by atoms with E-state index in [9.17, 15) is 8.42 Å². The molecule has 0 radical (unpaired) electrons. The van der Waals surface area contributed by atoms with Crippen LogP contribution in [-0.4, -0.2) is 13.1 Å². The lowest BCUT2D eigenvalue weighted by molar-refractivity contribution is 0.610. The van der Waals surface area contributed by atoms with Gasteiger partial charge in [-0.1, -0.05) is 48.0 Å². The Morgan fingerprint density at radius 1 is 1.23 bits per heavy atom. The second kappa shape index (κ2) is 7.40. The third kappa shape index (κ3) is 8.32. The van der Waals surface area contributed by atoms with Crippen molar-refractivity contribution in [3.8, 4) is 11.2 Å². The van der Waals surface area contributed by atoms with E-state index >= 15 is 0 Å². The number of alkyl halides is 1. The highest BCUT2D eigenvalue weighted by Crippen LogP contribution is 2.01. The molecule has 13 heavy (non-hydrogen) atoms. The van der Waals surface area contributed by atoms with Gasteiger partial charge in [-0.05, 0) is 6.42 Å². The number of hydrogen-bond donors (Lipinski definition) is 0. The number of sulfone groups is 1. The molecule has 0 aromatic carbocycles. The van der Waals surface area contributed by atoms with Gasteiger partial charge in [0.1, 0.15) is 4.66 Å². The molecule has 0 saturated carbocycles. The van der Waals surface area contributed by atoms with Crippen molar-refractivity contribution in [2.75, 3.05) is 4.66 Å². The van der Waals surface area contributed by atoms with E-state index in [2.05, 4.69) is 34.0 Å². The van der Waals surface area contributed by atoms with Gasteiger partial charge in [0.15, 0.2) is 0 Å². The van der Waals surface area contributed by atoms with Crippen molar-refractivity contribution in [3.05, 3.63) is 0 Å². The van der Waals surface area contributed by atoms with Crippen molar-refractivity contribution in [2.45, 2.75) is 39.0 Å². The first-order valence-electron chi connectivity index (χ1n) is 4.40. The van der Waals surface area contributed by atoms with E-state index in [1.54, 1.807) is 0 Å². The molecule has 0 N–H and O–H groups in total. The van der Waals surface area contributed by atoms with Crippen molar-refractivity contribution in [3.63, 3.8) is 0 Å². The van der Waals surface area contributed by atoms with Crippen molar-refractivity contribution >= 4 is 25.8 Å². The quantitative estimate of drug-likeness (QED) is 0.332. The number of hydrogen-bond acceptors (Lipinski definition) is 2. The zero-order valence-electron chi connectivity index (χ0n) is 7.85. The fourth-order valence-electron chi connectivity index (χ4n) is 0.828. The Hall–Kier alpha value is -0.0100. The van der Waals surface area contributed by atoms with Gasteiger partial charge in [0.25, 0.3) is 0 Å². The summed E-state index contributed by atoms with van der Waals surface area (Å²) in [7, 11) is -3.16. The molecule has 0 amide bonds. The van der Waals surface area contributed by atoms with Crippen LogP contribution in [0.3, 0.4) is 0 Å². The van der Waals surface area contributed by atoms with Gasteiger partial charge in [0.05, 0.1) is 0 Å². The lowest BCUT2D eigenvalue weighted by atomic mass is 10.2. The Morgan fingerprint density at radius 3 is 2.46 bits per heavy atom.